The van der Waals surface area contributed by atoms with Gasteiger partial charge in [0.25, 0.3) is 0 Å². The fourth-order valence-electron chi connectivity index (χ4n) is 1.92. The monoisotopic (exact) mass is 260 g/mol. The maximum atomic E-state index is 3.07. The number of hydrogen-bond donors (Lipinski definition) is 0. The molecule has 108 valence electrons. The number of allylic oxidation sites excluding steroid dienone is 4. The Balaban J connectivity index is 3.38. The third-order valence-electron chi connectivity index (χ3n) is 3.18. The van der Waals surface area contributed by atoms with Crippen LogP contribution in [0.5, 0.6) is 0 Å². The molecule has 0 aromatic rings. The van der Waals surface area contributed by atoms with Crippen molar-refractivity contribution in [1.82, 2.24) is 0 Å². The second-order valence-electron chi connectivity index (χ2n) is 5.14. The molecular weight excluding hydrogens is 228 g/mol. The molecule has 0 heterocycles. The van der Waals surface area contributed by atoms with E-state index in [2.05, 4.69) is 43.5 Å². The molecule has 0 nitrogen and oxygen atoms in total. The second-order valence-corrected chi connectivity index (χ2v) is 5.14. The molecule has 0 aliphatic heterocycles. The molecule has 0 unspecified atom stereocenters. The standard InChI is InChI=1S/C19H32/c1-3-5-7-9-11-13-15-17-19-18-16-14-12-10-8-6-4-2/h9,15,17,19H,3-8,10,12,14,16,18H2,1-2H3/b15-9?,19-17+. The molecule has 0 bridgehead atoms. The molecule has 0 atom stereocenters. The molecule has 0 amide bonds. The van der Waals surface area contributed by atoms with E-state index in [0.29, 0.717) is 0 Å². The summed E-state index contributed by atoms with van der Waals surface area (Å²) in [5.41, 5.74) is 6.12. The van der Waals surface area contributed by atoms with Crippen LogP contribution in [0.1, 0.15) is 84.5 Å². The molecule has 0 saturated heterocycles. The lowest BCUT2D eigenvalue weighted by Gasteiger charge is -1.98. The summed E-state index contributed by atoms with van der Waals surface area (Å²) in [7, 11) is 0. The maximum Gasteiger partial charge on any atom is -0.0119 e. The topological polar surface area (TPSA) is 0 Å². The van der Waals surface area contributed by atoms with Gasteiger partial charge < -0.3 is 0 Å². The van der Waals surface area contributed by atoms with E-state index in [1.165, 1.54) is 64.2 Å². The Hall–Kier alpha value is -0.960. The zero-order valence-electron chi connectivity index (χ0n) is 13.1. The van der Waals surface area contributed by atoms with Crippen molar-refractivity contribution in [2.75, 3.05) is 0 Å². The zero-order valence-corrected chi connectivity index (χ0v) is 13.1. The molecule has 0 aliphatic carbocycles. The molecular formula is C19H32. The van der Waals surface area contributed by atoms with Crippen LogP contribution in [0, 0.1) is 0 Å². The molecule has 0 fully saturated rings. The van der Waals surface area contributed by atoms with Crippen LogP contribution in [-0.4, -0.2) is 0 Å². The Bertz CT molecular complexity index is 283. The van der Waals surface area contributed by atoms with E-state index in [9.17, 15) is 0 Å². The van der Waals surface area contributed by atoms with Crippen LogP contribution in [-0.2, 0) is 0 Å². The fourth-order valence-corrected chi connectivity index (χ4v) is 1.92. The van der Waals surface area contributed by atoms with Gasteiger partial charge in [-0.05, 0) is 37.8 Å². The van der Waals surface area contributed by atoms with Crippen molar-refractivity contribution in [3.63, 3.8) is 0 Å². The van der Waals surface area contributed by atoms with E-state index in [1.807, 2.05) is 6.08 Å². The first-order chi connectivity index (χ1) is 9.41. The molecule has 0 rings (SSSR count). The van der Waals surface area contributed by atoms with Gasteiger partial charge in [-0.15, -0.1) is 0 Å². The largest absolute Gasteiger partial charge is 0.0839 e. The summed E-state index contributed by atoms with van der Waals surface area (Å²) >= 11 is 0. The molecule has 0 N–H and O–H groups in total. The molecule has 0 spiro atoms. The predicted molar refractivity (Wildman–Crippen MR) is 87.4 cm³/mol. The van der Waals surface area contributed by atoms with Gasteiger partial charge in [-0.3, -0.25) is 0 Å². The van der Waals surface area contributed by atoms with Crippen LogP contribution in [0.2, 0.25) is 0 Å². The third-order valence-corrected chi connectivity index (χ3v) is 3.18. The van der Waals surface area contributed by atoms with Gasteiger partial charge in [-0.25, -0.2) is 0 Å². The lowest BCUT2D eigenvalue weighted by Crippen LogP contribution is -1.78. The van der Waals surface area contributed by atoms with Crippen molar-refractivity contribution >= 4 is 0 Å². The third kappa shape index (κ3) is 17.0. The SMILES string of the molecule is CCCCC=C=C=C/C=C/CCCCCCCCC. The fraction of sp³-hybridized carbons (Fsp3) is 0.684. The highest BCUT2D eigenvalue weighted by molar-refractivity contribution is 5.02. The summed E-state index contributed by atoms with van der Waals surface area (Å²) in [6.07, 6.45) is 22.9. The van der Waals surface area contributed by atoms with E-state index in [4.69, 9.17) is 0 Å². The highest BCUT2D eigenvalue weighted by Crippen LogP contribution is 2.08. The zero-order chi connectivity index (χ0) is 14.0. The average Bonchev–Trinajstić information content (AvgIpc) is 2.43. The first-order valence-electron chi connectivity index (χ1n) is 8.22. The summed E-state index contributed by atoms with van der Waals surface area (Å²) in [5.74, 6) is 0. The Morgan fingerprint density at radius 2 is 1.37 bits per heavy atom. The summed E-state index contributed by atoms with van der Waals surface area (Å²) < 4.78 is 0. The van der Waals surface area contributed by atoms with Crippen molar-refractivity contribution in [3.8, 4) is 0 Å². The minimum Gasteiger partial charge on any atom is -0.0839 e. The van der Waals surface area contributed by atoms with Gasteiger partial charge in [-0.1, -0.05) is 82.4 Å². The molecule has 0 radical (unpaired) electrons. The normalized spacial score (nSPS) is 10.2. The van der Waals surface area contributed by atoms with Gasteiger partial charge in [0.2, 0.25) is 0 Å². The Kier molecular flexibility index (Phi) is 16.2. The van der Waals surface area contributed by atoms with Crippen molar-refractivity contribution in [1.29, 1.82) is 0 Å². The molecule has 0 aromatic carbocycles. The van der Waals surface area contributed by atoms with Crippen molar-refractivity contribution < 1.29 is 0 Å². The van der Waals surface area contributed by atoms with Crippen molar-refractivity contribution in [2.45, 2.75) is 84.5 Å². The molecule has 0 aliphatic rings. The van der Waals surface area contributed by atoms with Crippen molar-refractivity contribution in [2.24, 2.45) is 0 Å². The van der Waals surface area contributed by atoms with Gasteiger partial charge in [0.05, 0.1) is 0 Å². The Morgan fingerprint density at radius 3 is 2.11 bits per heavy atom. The molecule has 19 heavy (non-hydrogen) atoms. The van der Waals surface area contributed by atoms with Crippen molar-refractivity contribution in [3.05, 3.63) is 35.8 Å². The highest BCUT2D eigenvalue weighted by atomic mass is 13.9. The number of unbranched alkanes of at least 4 members (excludes halogenated alkanes) is 9. The van der Waals surface area contributed by atoms with Gasteiger partial charge in [0.15, 0.2) is 0 Å². The molecule has 0 saturated carbocycles. The van der Waals surface area contributed by atoms with E-state index >= 15 is 0 Å². The first-order valence-corrected chi connectivity index (χ1v) is 8.22. The van der Waals surface area contributed by atoms with E-state index in [0.717, 1.165) is 6.42 Å². The molecule has 0 heteroatoms. The van der Waals surface area contributed by atoms with Gasteiger partial charge in [0.1, 0.15) is 0 Å². The summed E-state index contributed by atoms with van der Waals surface area (Å²) in [6, 6.07) is 0. The minimum atomic E-state index is 1.12. The maximum absolute atomic E-state index is 3.07. The molecule has 0 aromatic heterocycles. The first kappa shape index (κ1) is 18.0. The van der Waals surface area contributed by atoms with Crippen LogP contribution in [0.15, 0.2) is 35.8 Å². The Morgan fingerprint density at radius 1 is 0.684 bits per heavy atom. The van der Waals surface area contributed by atoms with Gasteiger partial charge in [0, 0.05) is 0 Å². The van der Waals surface area contributed by atoms with E-state index in [1.54, 1.807) is 0 Å². The van der Waals surface area contributed by atoms with Gasteiger partial charge >= 0.3 is 0 Å². The van der Waals surface area contributed by atoms with Crippen LogP contribution in [0.3, 0.4) is 0 Å². The lowest BCUT2D eigenvalue weighted by molar-refractivity contribution is 0.592. The second kappa shape index (κ2) is 17.0. The van der Waals surface area contributed by atoms with Crippen LogP contribution >= 0.6 is 0 Å². The summed E-state index contributed by atoms with van der Waals surface area (Å²) in [5, 5.41) is 0. The number of hydrogen-bond acceptors (Lipinski definition) is 0. The van der Waals surface area contributed by atoms with E-state index < -0.39 is 0 Å². The Labute approximate surface area is 121 Å². The highest BCUT2D eigenvalue weighted by Gasteiger charge is 1.88. The van der Waals surface area contributed by atoms with Crippen LogP contribution in [0.4, 0.5) is 0 Å². The lowest BCUT2D eigenvalue weighted by atomic mass is 10.1. The van der Waals surface area contributed by atoms with E-state index in [-0.39, 0.29) is 0 Å². The summed E-state index contributed by atoms with van der Waals surface area (Å²) in [4.78, 5) is 0. The minimum absolute atomic E-state index is 1.12. The predicted octanol–water partition coefficient (Wildman–Crippen LogP) is 6.74. The quantitative estimate of drug-likeness (QED) is 0.207. The number of rotatable bonds is 12. The van der Waals surface area contributed by atoms with Gasteiger partial charge in [-0.2, -0.15) is 0 Å². The smallest absolute Gasteiger partial charge is 0.0119 e. The van der Waals surface area contributed by atoms with Crippen LogP contribution in [0.25, 0.3) is 0 Å². The summed E-state index contributed by atoms with van der Waals surface area (Å²) in [6.45, 7) is 4.48. The average molecular weight is 260 g/mol. The van der Waals surface area contributed by atoms with Crippen LogP contribution < -0.4 is 0 Å².